The topological polar surface area (TPSA) is 29.3 Å². The Morgan fingerprint density at radius 1 is 1.10 bits per heavy atom. The van der Waals surface area contributed by atoms with E-state index in [1.165, 1.54) is 25.7 Å². The van der Waals surface area contributed by atoms with Gasteiger partial charge in [0.15, 0.2) is 0 Å². The van der Waals surface area contributed by atoms with E-state index >= 15 is 0 Å². The molecule has 0 spiro atoms. The third-order valence-corrected chi connectivity index (χ3v) is 6.10. The van der Waals surface area contributed by atoms with E-state index in [9.17, 15) is 0 Å². The summed E-state index contributed by atoms with van der Waals surface area (Å²) >= 11 is 0. The van der Waals surface area contributed by atoms with Crippen molar-refractivity contribution in [3.8, 4) is 0 Å². The monoisotopic (exact) mass is 282 g/mol. The van der Waals surface area contributed by atoms with Crippen LogP contribution in [0, 0.1) is 16.7 Å². The number of hydrogen-bond donors (Lipinski definition) is 1. The lowest BCUT2D eigenvalue weighted by Crippen LogP contribution is -2.59. The first-order chi connectivity index (χ1) is 8.94. The summed E-state index contributed by atoms with van der Waals surface area (Å²) in [4.78, 5) is 2.59. The summed E-state index contributed by atoms with van der Waals surface area (Å²) in [5.41, 5.74) is 7.19. The van der Waals surface area contributed by atoms with Crippen LogP contribution in [0.2, 0.25) is 0 Å². The van der Waals surface area contributed by atoms with E-state index in [0.29, 0.717) is 16.9 Å². The van der Waals surface area contributed by atoms with Crippen molar-refractivity contribution in [1.29, 1.82) is 0 Å². The van der Waals surface area contributed by atoms with Crippen LogP contribution in [0.5, 0.6) is 0 Å². The lowest BCUT2D eigenvalue weighted by Gasteiger charge is -2.52. The number of nitrogens with zero attached hydrogens (tertiary/aromatic N) is 1. The smallest absolute Gasteiger partial charge is 0.0331 e. The van der Waals surface area contributed by atoms with Crippen molar-refractivity contribution in [2.24, 2.45) is 22.5 Å². The normalized spacial score (nSPS) is 30.6. The van der Waals surface area contributed by atoms with Crippen molar-refractivity contribution >= 4 is 0 Å². The molecule has 2 nitrogen and oxygen atoms in total. The van der Waals surface area contributed by atoms with Gasteiger partial charge in [0.2, 0.25) is 0 Å². The molecule has 2 heteroatoms. The molecule has 0 bridgehead atoms. The molecule has 20 heavy (non-hydrogen) atoms. The summed E-state index contributed by atoms with van der Waals surface area (Å²) in [6.45, 7) is 17.3. The zero-order valence-electron chi connectivity index (χ0n) is 15.2. The standard InChI is InChI=1S/C18H38N2/c1-14(16(2,3)4)20(8)18(13-19)11-9-15(10-12-18)17(5,6)7/h14-15H,9-13,19H2,1-8H3. The van der Waals surface area contributed by atoms with Gasteiger partial charge >= 0.3 is 0 Å². The molecule has 0 aliphatic heterocycles. The number of rotatable bonds is 3. The maximum atomic E-state index is 6.23. The highest BCUT2D eigenvalue weighted by atomic mass is 15.2. The third-order valence-electron chi connectivity index (χ3n) is 6.10. The quantitative estimate of drug-likeness (QED) is 0.837. The second-order valence-electron chi connectivity index (χ2n) is 9.22. The molecule has 0 radical (unpaired) electrons. The molecular formula is C18H38N2. The van der Waals surface area contributed by atoms with Crippen LogP contribution >= 0.6 is 0 Å². The molecule has 120 valence electrons. The Morgan fingerprint density at radius 3 is 1.85 bits per heavy atom. The fourth-order valence-corrected chi connectivity index (χ4v) is 3.71. The van der Waals surface area contributed by atoms with Gasteiger partial charge in [-0.1, -0.05) is 41.5 Å². The van der Waals surface area contributed by atoms with Gasteiger partial charge in [-0.15, -0.1) is 0 Å². The molecule has 0 aromatic heterocycles. The molecular weight excluding hydrogens is 244 g/mol. The van der Waals surface area contributed by atoms with Gasteiger partial charge < -0.3 is 5.73 Å². The average molecular weight is 283 g/mol. The minimum absolute atomic E-state index is 0.217. The number of hydrogen-bond acceptors (Lipinski definition) is 2. The van der Waals surface area contributed by atoms with Gasteiger partial charge in [0.25, 0.3) is 0 Å². The molecule has 1 fully saturated rings. The van der Waals surface area contributed by atoms with Crippen molar-refractivity contribution < 1.29 is 0 Å². The largest absolute Gasteiger partial charge is 0.329 e. The van der Waals surface area contributed by atoms with Crippen LogP contribution in [0.3, 0.4) is 0 Å². The van der Waals surface area contributed by atoms with E-state index in [4.69, 9.17) is 5.73 Å². The van der Waals surface area contributed by atoms with Gasteiger partial charge in [-0.05, 0) is 56.4 Å². The second kappa shape index (κ2) is 5.96. The van der Waals surface area contributed by atoms with Gasteiger partial charge in [0, 0.05) is 18.1 Å². The Labute approximate surface area is 127 Å². The third kappa shape index (κ3) is 3.76. The van der Waals surface area contributed by atoms with Crippen LogP contribution < -0.4 is 5.73 Å². The zero-order chi connectivity index (χ0) is 15.8. The molecule has 1 aliphatic carbocycles. The van der Waals surface area contributed by atoms with E-state index in [-0.39, 0.29) is 5.54 Å². The highest BCUT2D eigenvalue weighted by Gasteiger charge is 2.43. The summed E-state index contributed by atoms with van der Waals surface area (Å²) in [6.07, 6.45) is 5.15. The Bertz CT molecular complexity index is 300. The average Bonchev–Trinajstić information content (AvgIpc) is 2.34. The van der Waals surface area contributed by atoms with Gasteiger partial charge in [-0.2, -0.15) is 0 Å². The van der Waals surface area contributed by atoms with Gasteiger partial charge in [0.1, 0.15) is 0 Å². The highest BCUT2D eigenvalue weighted by Crippen LogP contribution is 2.44. The van der Waals surface area contributed by atoms with E-state index in [1.807, 2.05) is 0 Å². The fraction of sp³-hybridized carbons (Fsp3) is 1.00. The van der Waals surface area contributed by atoms with Crippen LogP contribution in [0.1, 0.15) is 74.1 Å². The molecule has 1 aliphatic rings. The Hall–Kier alpha value is -0.0800. The SMILES string of the molecule is CC(N(C)C1(CN)CCC(C(C)(C)C)CC1)C(C)(C)C. The Balaban J connectivity index is 2.81. The molecule has 1 atom stereocenters. The van der Waals surface area contributed by atoms with Crippen LogP contribution in [0.4, 0.5) is 0 Å². The molecule has 1 rings (SSSR count). The van der Waals surface area contributed by atoms with Crippen molar-refractivity contribution in [3.63, 3.8) is 0 Å². The van der Waals surface area contributed by atoms with Crippen molar-refractivity contribution in [3.05, 3.63) is 0 Å². The first kappa shape index (κ1) is 18.0. The van der Waals surface area contributed by atoms with Crippen molar-refractivity contribution in [2.45, 2.75) is 85.7 Å². The second-order valence-corrected chi connectivity index (χ2v) is 9.22. The van der Waals surface area contributed by atoms with Gasteiger partial charge in [-0.3, -0.25) is 4.90 Å². The maximum absolute atomic E-state index is 6.23. The first-order valence-electron chi connectivity index (χ1n) is 8.37. The molecule has 0 aromatic rings. The number of nitrogens with two attached hydrogens (primary N) is 1. The summed E-state index contributed by atoms with van der Waals surface area (Å²) in [6, 6.07) is 0.553. The predicted molar refractivity (Wildman–Crippen MR) is 89.9 cm³/mol. The van der Waals surface area contributed by atoms with E-state index < -0.39 is 0 Å². The van der Waals surface area contributed by atoms with Gasteiger partial charge in [-0.25, -0.2) is 0 Å². The fourth-order valence-electron chi connectivity index (χ4n) is 3.71. The van der Waals surface area contributed by atoms with Crippen LogP contribution in [0.15, 0.2) is 0 Å². The zero-order valence-corrected chi connectivity index (χ0v) is 15.2. The minimum Gasteiger partial charge on any atom is -0.329 e. The predicted octanol–water partition coefficient (Wildman–Crippen LogP) is 4.29. The van der Waals surface area contributed by atoms with E-state index in [0.717, 1.165) is 12.5 Å². The highest BCUT2D eigenvalue weighted by molar-refractivity contribution is 4.99. The molecule has 0 heterocycles. The lowest BCUT2D eigenvalue weighted by molar-refractivity contribution is -0.0140. The van der Waals surface area contributed by atoms with E-state index in [1.54, 1.807) is 0 Å². The Morgan fingerprint density at radius 2 is 1.55 bits per heavy atom. The van der Waals surface area contributed by atoms with Crippen LogP contribution in [-0.4, -0.2) is 30.1 Å². The Kier molecular flexibility index (Phi) is 5.36. The van der Waals surface area contributed by atoms with Crippen LogP contribution in [0.25, 0.3) is 0 Å². The van der Waals surface area contributed by atoms with Crippen molar-refractivity contribution in [2.75, 3.05) is 13.6 Å². The molecule has 1 unspecified atom stereocenters. The molecule has 0 saturated heterocycles. The molecule has 1 saturated carbocycles. The molecule has 0 aromatic carbocycles. The molecule has 2 N–H and O–H groups in total. The summed E-state index contributed by atoms with van der Waals surface area (Å²) in [5.74, 6) is 0.848. The summed E-state index contributed by atoms with van der Waals surface area (Å²) in [5, 5.41) is 0. The van der Waals surface area contributed by atoms with Crippen LogP contribution in [-0.2, 0) is 0 Å². The molecule has 0 amide bonds. The summed E-state index contributed by atoms with van der Waals surface area (Å²) < 4.78 is 0. The maximum Gasteiger partial charge on any atom is 0.0331 e. The van der Waals surface area contributed by atoms with Crippen molar-refractivity contribution in [1.82, 2.24) is 4.90 Å². The minimum atomic E-state index is 0.217. The first-order valence-corrected chi connectivity index (χ1v) is 8.37. The van der Waals surface area contributed by atoms with Gasteiger partial charge in [0.05, 0.1) is 0 Å². The number of likely N-dealkylation sites (N-methyl/N-ethyl adjacent to an activating group) is 1. The lowest BCUT2D eigenvalue weighted by atomic mass is 9.66. The van der Waals surface area contributed by atoms with E-state index in [2.05, 4.69) is 60.4 Å². The summed E-state index contributed by atoms with van der Waals surface area (Å²) in [7, 11) is 2.29.